The predicted molar refractivity (Wildman–Crippen MR) is 108 cm³/mol. The molecule has 0 bridgehead atoms. The second kappa shape index (κ2) is 8.08. The Morgan fingerprint density at radius 2 is 1.58 bits per heavy atom. The van der Waals surface area contributed by atoms with E-state index in [4.69, 9.17) is 23.8 Å². The third kappa shape index (κ3) is 4.25. The van der Waals surface area contributed by atoms with Gasteiger partial charge in [0.25, 0.3) is 0 Å². The molecule has 2 N–H and O–H groups in total. The molecule has 0 aliphatic carbocycles. The summed E-state index contributed by atoms with van der Waals surface area (Å²) in [6, 6.07) is 19.9. The molecule has 130 valence electrons. The van der Waals surface area contributed by atoms with Crippen LogP contribution in [0.4, 0.5) is 15.8 Å². The van der Waals surface area contributed by atoms with Crippen LogP contribution in [0, 0.1) is 5.82 Å². The van der Waals surface area contributed by atoms with E-state index in [1.807, 2.05) is 30.3 Å². The minimum absolute atomic E-state index is 0.0280. The predicted octanol–water partition coefficient (Wildman–Crippen LogP) is 5.52. The molecule has 0 heterocycles. The van der Waals surface area contributed by atoms with Gasteiger partial charge in [0.05, 0.1) is 11.3 Å². The van der Waals surface area contributed by atoms with Crippen molar-refractivity contribution in [3.05, 3.63) is 94.8 Å². The Morgan fingerprint density at radius 3 is 2.31 bits per heavy atom. The van der Waals surface area contributed by atoms with Crippen LogP contribution >= 0.6 is 23.8 Å². The number of carbonyl (C=O) groups excluding carboxylic acids is 1. The Morgan fingerprint density at radius 1 is 0.885 bits per heavy atom. The first kappa shape index (κ1) is 18.0. The molecule has 0 spiro atoms. The quantitative estimate of drug-likeness (QED) is 0.459. The molecule has 0 aromatic heterocycles. The Balaban J connectivity index is 1.88. The summed E-state index contributed by atoms with van der Waals surface area (Å²) in [7, 11) is 0. The summed E-state index contributed by atoms with van der Waals surface area (Å²) in [4.78, 5) is 12.8. The molecule has 3 aromatic rings. The van der Waals surface area contributed by atoms with Gasteiger partial charge in [-0.1, -0.05) is 41.9 Å². The first-order valence-corrected chi connectivity index (χ1v) is 8.55. The molecular weight excluding hydrogens is 371 g/mol. The lowest BCUT2D eigenvalue weighted by atomic mass is 10.0. The summed E-state index contributed by atoms with van der Waals surface area (Å²) in [5.41, 5.74) is 1.46. The van der Waals surface area contributed by atoms with Crippen molar-refractivity contribution in [1.82, 2.24) is 0 Å². The molecule has 6 heteroatoms. The van der Waals surface area contributed by atoms with Crippen LogP contribution < -0.4 is 10.6 Å². The molecule has 0 radical (unpaired) electrons. The SMILES string of the molecule is O=C(c1ccccc1F)c1cc(Cl)ccc1NC(=S)Nc1ccccc1. The highest BCUT2D eigenvalue weighted by molar-refractivity contribution is 7.80. The molecule has 0 atom stereocenters. The van der Waals surface area contributed by atoms with Gasteiger partial charge in [0.1, 0.15) is 5.82 Å². The lowest BCUT2D eigenvalue weighted by molar-refractivity contribution is 0.103. The highest BCUT2D eigenvalue weighted by Gasteiger charge is 2.18. The number of benzene rings is 3. The van der Waals surface area contributed by atoms with E-state index in [0.717, 1.165) is 5.69 Å². The van der Waals surface area contributed by atoms with Crippen LogP contribution in [0.5, 0.6) is 0 Å². The van der Waals surface area contributed by atoms with Crippen LogP contribution in [0.1, 0.15) is 15.9 Å². The van der Waals surface area contributed by atoms with Gasteiger partial charge in [0.15, 0.2) is 10.9 Å². The molecular formula is C20H14ClFN2OS. The van der Waals surface area contributed by atoms with Gasteiger partial charge in [-0.3, -0.25) is 4.79 Å². The fraction of sp³-hybridized carbons (Fsp3) is 0. The van der Waals surface area contributed by atoms with Crippen molar-refractivity contribution in [2.75, 3.05) is 10.6 Å². The summed E-state index contributed by atoms with van der Waals surface area (Å²) in [6.07, 6.45) is 0. The molecule has 3 rings (SSSR count). The second-order valence-corrected chi connectivity index (χ2v) is 6.29. The van der Waals surface area contributed by atoms with Gasteiger partial charge in [0.2, 0.25) is 0 Å². The molecule has 3 nitrogen and oxygen atoms in total. The van der Waals surface area contributed by atoms with Crippen LogP contribution in [-0.4, -0.2) is 10.9 Å². The van der Waals surface area contributed by atoms with E-state index >= 15 is 0 Å². The van der Waals surface area contributed by atoms with Crippen LogP contribution in [0.2, 0.25) is 5.02 Å². The Kier molecular flexibility index (Phi) is 5.61. The van der Waals surface area contributed by atoms with Crippen molar-refractivity contribution >= 4 is 46.1 Å². The second-order valence-electron chi connectivity index (χ2n) is 5.44. The zero-order chi connectivity index (χ0) is 18.5. The zero-order valence-corrected chi connectivity index (χ0v) is 15.1. The highest BCUT2D eigenvalue weighted by Crippen LogP contribution is 2.25. The number of hydrogen-bond donors (Lipinski definition) is 2. The number of nitrogens with one attached hydrogen (secondary N) is 2. The molecule has 0 fully saturated rings. The van der Waals surface area contributed by atoms with Gasteiger partial charge in [0, 0.05) is 16.3 Å². The van der Waals surface area contributed by atoms with Crippen LogP contribution in [0.15, 0.2) is 72.8 Å². The van der Waals surface area contributed by atoms with E-state index in [0.29, 0.717) is 15.8 Å². The van der Waals surface area contributed by atoms with E-state index < -0.39 is 11.6 Å². The normalized spacial score (nSPS) is 10.2. The largest absolute Gasteiger partial charge is 0.332 e. The Labute approximate surface area is 160 Å². The Bertz CT molecular complexity index is 963. The minimum atomic E-state index is -0.589. The standard InChI is InChI=1S/C20H14ClFN2OS/c21-13-10-11-18(24-20(26)23-14-6-2-1-3-7-14)16(12-13)19(25)15-8-4-5-9-17(15)22/h1-12H,(H2,23,24,26). The molecule has 0 aliphatic rings. The van der Waals surface area contributed by atoms with Gasteiger partial charge >= 0.3 is 0 Å². The van der Waals surface area contributed by atoms with Crippen molar-refractivity contribution in [2.45, 2.75) is 0 Å². The number of halogens is 2. The number of thiocarbonyl (C=S) groups is 1. The first-order chi connectivity index (χ1) is 12.5. The summed E-state index contributed by atoms with van der Waals surface area (Å²) < 4.78 is 14.0. The van der Waals surface area contributed by atoms with Crippen molar-refractivity contribution in [1.29, 1.82) is 0 Å². The maximum Gasteiger partial charge on any atom is 0.198 e. The van der Waals surface area contributed by atoms with Gasteiger partial charge < -0.3 is 10.6 Å². The maximum absolute atomic E-state index is 14.0. The maximum atomic E-state index is 14.0. The van der Waals surface area contributed by atoms with Crippen molar-refractivity contribution in [3.8, 4) is 0 Å². The molecule has 3 aromatic carbocycles. The average Bonchev–Trinajstić information content (AvgIpc) is 2.64. The Hall–Kier alpha value is -2.76. The van der Waals surface area contributed by atoms with Crippen molar-refractivity contribution in [2.24, 2.45) is 0 Å². The van der Waals surface area contributed by atoms with E-state index in [9.17, 15) is 9.18 Å². The molecule has 0 saturated carbocycles. The summed E-state index contributed by atoms with van der Waals surface area (Å²) >= 11 is 11.3. The minimum Gasteiger partial charge on any atom is -0.332 e. The van der Waals surface area contributed by atoms with E-state index in [1.165, 1.54) is 24.3 Å². The first-order valence-electron chi connectivity index (χ1n) is 7.76. The van der Waals surface area contributed by atoms with Crippen molar-refractivity contribution in [3.63, 3.8) is 0 Å². The number of anilines is 2. The number of carbonyl (C=O) groups is 1. The number of rotatable bonds is 4. The van der Waals surface area contributed by atoms with Crippen LogP contribution in [0.3, 0.4) is 0 Å². The number of ketones is 1. The fourth-order valence-corrected chi connectivity index (χ4v) is 2.81. The van der Waals surface area contributed by atoms with E-state index in [1.54, 1.807) is 18.2 Å². The monoisotopic (exact) mass is 384 g/mol. The molecule has 0 amide bonds. The van der Waals surface area contributed by atoms with Crippen molar-refractivity contribution < 1.29 is 9.18 Å². The van der Waals surface area contributed by atoms with Gasteiger partial charge in [-0.15, -0.1) is 0 Å². The molecule has 0 aliphatic heterocycles. The fourth-order valence-electron chi connectivity index (χ4n) is 2.41. The number of para-hydroxylation sites is 1. The molecule has 0 unspecified atom stereocenters. The van der Waals surface area contributed by atoms with Gasteiger partial charge in [-0.25, -0.2) is 4.39 Å². The zero-order valence-electron chi connectivity index (χ0n) is 13.5. The third-order valence-corrected chi connectivity index (χ3v) is 4.06. The van der Waals surface area contributed by atoms with Gasteiger partial charge in [-0.05, 0) is 54.7 Å². The average molecular weight is 385 g/mol. The molecule has 0 saturated heterocycles. The van der Waals surface area contributed by atoms with E-state index in [2.05, 4.69) is 10.6 Å². The van der Waals surface area contributed by atoms with Crippen LogP contribution in [-0.2, 0) is 0 Å². The topological polar surface area (TPSA) is 41.1 Å². The summed E-state index contributed by atoms with van der Waals surface area (Å²) in [5, 5.41) is 6.68. The van der Waals surface area contributed by atoms with E-state index in [-0.39, 0.29) is 11.1 Å². The summed E-state index contributed by atoms with van der Waals surface area (Å²) in [5.74, 6) is -1.07. The highest BCUT2D eigenvalue weighted by atomic mass is 35.5. The lowest BCUT2D eigenvalue weighted by Crippen LogP contribution is -2.21. The lowest BCUT2D eigenvalue weighted by Gasteiger charge is -2.14. The molecule has 26 heavy (non-hydrogen) atoms. The summed E-state index contributed by atoms with van der Waals surface area (Å²) in [6.45, 7) is 0. The van der Waals surface area contributed by atoms with Gasteiger partial charge in [-0.2, -0.15) is 0 Å². The third-order valence-electron chi connectivity index (χ3n) is 3.62. The van der Waals surface area contributed by atoms with Crippen LogP contribution in [0.25, 0.3) is 0 Å². The number of hydrogen-bond acceptors (Lipinski definition) is 2. The smallest absolute Gasteiger partial charge is 0.198 e.